The summed E-state index contributed by atoms with van der Waals surface area (Å²) in [6, 6.07) is 8.63. The Labute approximate surface area is 140 Å². The lowest BCUT2D eigenvalue weighted by molar-refractivity contribution is -0.133. The van der Waals surface area contributed by atoms with Crippen LogP contribution in [-0.2, 0) is 11.2 Å². The van der Waals surface area contributed by atoms with Gasteiger partial charge in [-0.25, -0.2) is 0 Å². The van der Waals surface area contributed by atoms with Gasteiger partial charge >= 0.3 is 0 Å². The largest absolute Gasteiger partial charge is 0.342 e. The van der Waals surface area contributed by atoms with Crippen molar-refractivity contribution in [1.82, 2.24) is 10.2 Å². The number of nitrogens with zero attached hydrogens (tertiary/aromatic N) is 1. The number of piperidine rings is 1. The van der Waals surface area contributed by atoms with Crippen LogP contribution < -0.4 is 5.32 Å². The fourth-order valence-electron chi connectivity index (χ4n) is 3.10. The number of aryl methyl sites for hydroxylation is 2. The Balaban J connectivity index is 0.00000242. The van der Waals surface area contributed by atoms with E-state index in [0.29, 0.717) is 18.2 Å². The lowest BCUT2D eigenvalue weighted by Gasteiger charge is -2.32. The van der Waals surface area contributed by atoms with Crippen LogP contribution in [0.1, 0.15) is 36.8 Å². The molecule has 3 nitrogen and oxygen atoms in total. The quantitative estimate of drug-likeness (QED) is 0.871. The Hall–Kier alpha value is -1.06. The van der Waals surface area contributed by atoms with E-state index in [4.69, 9.17) is 0 Å². The molecule has 1 heterocycles. The summed E-state index contributed by atoms with van der Waals surface area (Å²) in [6.45, 7) is 5.01. The molecule has 2 rings (SSSR count). The standard InChI is InChI=1S/C18H28N2O.ClH/c1-15-8-10-16(11-9-15)5-3-7-18(21)20-12-4-6-17(14-20)13-19-2;/h8-11,17,19H,3-7,12-14H2,1-2H3;1H. The molecule has 22 heavy (non-hydrogen) atoms. The lowest BCUT2D eigenvalue weighted by atomic mass is 9.97. The predicted octanol–water partition coefficient (Wildman–Crippen LogP) is 3.20. The second-order valence-electron chi connectivity index (χ2n) is 6.24. The highest BCUT2D eigenvalue weighted by Gasteiger charge is 2.22. The number of carbonyl (C=O) groups excluding carboxylic acids is 1. The third kappa shape index (κ3) is 5.98. The van der Waals surface area contributed by atoms with Gasteiger partial charge in [0.2, 0.25) is 5.91 Å². The molecule has 0 aromatic heterocycles. The van der Waals surface area contributed by atoms with Crippen LogP contribution in [0.25, 0.3) is 0 Å². The number of benzene rings is 1. The molecule has 1 amide bonds. The zero-order valence-electron chi connectivity index (χ0n) is 13.8. The van der Waals surface area contributed by atoms with E-state index in [9.17, 15) is 4.79 Å². The average molecular weight is 325 g/mol. The molecule has 0 bridgehead atoms. The van der Waals surface area contributed by atoms with Crippen molar-refractivity contribution in [3.63, 3.8) is 0 Å². The molecule has 124 valence electrons. The Morgan fingerprint density at radius 1 is 1.32 bits per heavy atom. The van der Waals surface area contributed by atoms with Gasteiger partial charge in [0, 0.05) is 19.5 Å². The lowest BCUT2D eigenvalue weighted by Crippen LogP contribution is -2.42. The molecule has 1 aliphatic heterocycles. The van der Waals surface area contributed by atoms with Crippen molar-refractivity contribution in [3.05, 3.63) is 35.4 Å². The van der Waals surface area contributed by atoms with E-state index < -0.39 is 0 Å². The molecule has 1 unspecified atom stereocenters. The molecular weight excluding hydrogens is 296 g/mol. The van der Waals surface area contributed by atoms with Crippen LogP contribution >= 0.6 is 12.4 Å². The van der Waals surface area contributed by atoms with Crippen LogP contribution in [0.3, 0.4) is 0 Å². The summed E-state index contributed by atoms with van der Waals surface area (Å²) >= 11 is 0. The fraction of sp³-hybridized carbons (Fsp3) is 0.611. The van der Waals surface area contributed by atoms with Crippen molar-refractivity contribution in [1.29, 1.82) is 0 Å². The number of hydrogen-bond donors (Lipinski definition) is 1. The van der Waals surface area contributed by atoms with E-state index in [2.05, 4.69) is 41.4 Å². The van der Waals surface area contributed by atoms with E-state index in [0.717, 1.165) is 38.9 Å². The Morgan fingerprint density at radius 2 is 2.05 bits per heavy atom. The van der Waals surface area contributed by atoms with Gasteiger partial charge in [-0.05, 0) is 57.7 Å². The van der Waals surface area contributed by atoms with Gasteiger partial charge in [0.15, 0.2) is 0 Å². The molecule has 0 saturated carbocycles. The van der Waals surface area contributed by atoms with Gasteiger partial charge in [0.05, 0.1) is 0 Å². The van der Waals surface area contributed by atoms with E-state index in [1.54, 1.807) is 0 Å². The average Bonchev–Trinajstić information content (AvgIpc) is 2.50. The summed E-state index contributed by atoms with van der Waals surface area (Å²) in [5.74, 6) is 0.965. The van der Waals surface area contributed by atoms with Crippen LogP contribution in [-0.4, -0.2) is 37.5 Å². The molecular formula is C18H29ClN2O. The van der Waals surface area contributed by atoms with Gasteiger partial charge in [0.1, 0.15) is 0 Å². The van der Waals surface area contributed by atoms with Crippen molar-refractivity contribution in [3.8, 4) is 0 Å². The van der Waals surface area contributed by atoms with Gasteiger partial charge in [-0.3, -0.25) is 4.79 Å². The summed E-state index contributed by atoms with van der Waals surface area (Å²) in [6.07, 6.45) is 5.03. The first-order chi connectivity index (χ1) is 10.2. The van der Waals surface area contributed by atoms with Crippen LogP contribution in [0.5, 0.6) is 0 Å². The predicted molar refractivity (Wildman–Crippen MR) is 94.6 cm³/mol. The van der Waals surface area contributed by atoms with Crippen molar-refractivity contribution < 1.29 is 4.79 Å². The maximum atomic E-state index is 12.3. The zero-order valence-corrected chi connectivity index (χ0v) is 14.6. The van der Waals surface area contributed by atoms with E-state index >= 15 is 0 Å². The minimum absolute atomic E-state index is 0. The Kier molecular flexibility index (Phi) is 8.51. The molecule has 1 aromatic carbocycles. The maximum absolute atomic E-state index is 12.3. The van der Waals surface area contributed by atoms with Gasteiger partial charge in [-0.15, -0.1) is 12.4 Å². The second-order valence-corrected chi connectivity index (χ2v) is 6.24. The monoisotopic (exact) mass is 324 g/mol. The topological polar surface area (TPSA) is 32.3 Å². The minimum Gasteiger partial charge on any atom is -0.342 e. The van der Waals surface area contributed by atoms with Gasteiger partial charge in [-0.1, -0.05) is 29.8 Å². The second kappa shape index (κ2) is 9.86. The van der Waals surface area contributed by atoms with Crippen molar-refractivity contribution in [2.75, 3.05) is 26.7 Å². The number of carbonyl (C=O) groups is 1. The summed E-state index contributed by atoms with van der Waals surface area (Å²) in [4.78, 5) is 14.4. The Bertz CT molecular complexity index is 445. The van der Waals surface area contributed by atoms with E-state index in [1.807, 2.05) is 7.05 Å². The summed E-state index contributed by atoms with van der Waals surface area (Å²) in [7, 11) is 1.99. The highest BCUT2D eigenvalue weighted by atomic mass is 35.5. The first-order valence-electron chi connectivity index (χ1n) is 8.17. The van der Waals surface area contributed by atoms with Crippen molar-refractivity contribution in [2.45, 2.75) is 39.0 Å². The van der Waals surface area contributed by atoms with Crippen LogP contribution in [0.15, 0.2) is 24.3 Å². The van der Waals surface area contributed by atoms with Crippen LogP contribution in [0.4, 0.5) is 0 Å². The number of hydrogen-bond acceptors (Lipinski definition) is 2. The van der Waals surface area contributed by atoms with Crippen molar-refractivity contribution in [2.24, 2.45) is 5.92 Å². The normalized spacial score (nSPS) is 17.9. The maximum Gasteiger partial charge on any atom is 0.222 e. The molecule has 1 fully saturated rings. The molecule has 1 aromatic rings. The number of nitrogens with one attached hydrogen (secondary N) is 1. The summed E-state index contributed by atoms with van der Waals surface area (Å²) < 4.78 is 0. The van der Waals surface area contributed by atoms with Crippen LogP contribution in [0.2, 0.25) is 0 Å². The number of likely N-dealkylation sites (tertiary alicyclic amines) is 1. The number of rotatable bonds is 6. The summed E-state index contributed by atoms with van der Waals surface area (Å²) in [5.41, 5.74) is 2.62. The number of amides is 1. The molecule has 4 heteroatoms. The first-order valence-corrected chi connectivity index (χ1v) is 8.17. The number of halogens is 1. The smallest absolute Gasteiger partial charge is 0.222 e. The summed E-state index contributed by atoms with van der Waals surface area (Å²) in [5, 5.41) is 3.23. The minimum atomic E-state index is 0. The van der Waals surface area contributed by atoms with Gasteiger partial charge < -0.3 is 10.2 Å². The molecule has 1 atom stereocenters. The third-order valence-electron chi connectivity index (χ3n) is 4.34. The third-order valence-corrected chi connectivity index (χ3v) is 4.34. The SMILES string of the molecule is CNCC1CCCN(C(=O)CCCc2ccc(C)cc2)C1.Cl. The highest BCUT2D eigenvalue weighted by Crippen LogP contribution is 2.17. The van der Waals surface area contributed by atoms with Crippen LogP contribution in [0, 0.1) is 12.8 Å². The molecule has 1 saturated heterocycles. The van der Waals surface area contributed by atoms with Gasteiger partial charge in [0.25, 0.3) is 0 Å². The van der Waals surface area contributed by atoms with Gasteiger partial charge in [-0.2, -0.15) is 0 Å². The van der Waals surface area contributed by atoms with Crippen molar-refractivity contribution >= 4 is 18.3 Å². The van der Waals surface area contributed by atoms with E-state index in [1.165, 1.54) is 17.5 Å². The highest BCUT2D eigenvalue weighted by molar-refractivity contribution is 5.85. The molecule has 0 spiro atoms. The Morgan fingerprint density at radius 3 is 2.73 bits per heavy atom. The molecule has 1 N–H and O–H groups in total. The zero-order chi connectivity index (χ0) is 15.1. The molecule has 0 radical (unpaired) electrons. The molecule has 1 aliphatic rings. The fourth-order valence-corrected chi connectivity index (χ4v) is 3.10. The van der Waals surface area contributed by atoms with E-state index in [-0.39, 0.29) is 12.4 Å². The first kappa shape index (κ1) is 19.0. The molecule has 0 aliphatic carbocycles.